The molecule has 0 unspecified atom stereocenters. The van der Waals surface area contributed by atoms with Crippen molar-refractivity contribution in [2.24, 2.45) is 17.1 Å². The van der Waals surface area contributed by atoms with Crippen LogP contribution in [0.1, 0.15) is 42.2 Å². The number of nitrogens with two attached hydrogens (primary N) is 1. The number of hydrogen-bond acceptors (Lipinski definition) is 4. The fourth-order valence-corrected chi connectivity index (χ4v) is 2.91. The maximum Gasteiger partial charge on any atom is 0.270 e. The molecule has 1 aromatic rings. The molecule has 108 valence electrons. The van der Waals surface area contributed by atoms with E-state index in [4.69, 9.17) is 5.73 Å². The summed E-state index contributed by atoms with van der Waals surface area (Å²) in [6.07, 6.45) is 3.19. The molecular weight excluding hydrogens is 282 g/mol. The topological polar surface area (TPSA) is 68.0 Å². The zero-order valence-electron chi connectivity index (χ0n) is 11.4. The number of nitrogens with zero attached hydrogens (tertiary/aromatic N) is 1. The highest BCUT2D eigenvalue weighted by atomic mass is 35.5. The molecule has 1 aliphatic carbocycles. The maximum absolute atomic E-state index is 12.0. The van der Waals surface area contributed by atoms with Crippen molar-refractivity contribution in [2.75, 3.05) is 13.1 Å². The second-order valence-electron chi connectivity index (χ2n) is 5.36. The molecule has 0 saturated heterocycles. The summed E-state index contributed by atoms with van der Waals surface area (Å²) in [5.74, 6) is 0.572. The van der Waals surface area contributed by atoms with Crippen LogP contribution in [0, 0.1) is 11.3 Å². The Bertz CT molecular complexity index is 429. The Labute approximate surface area is 124 Å². The monoisotopic (exact) mass is 303 g/mol. The third-order valence-electron chi connectivity index (χ3n) is 3.86. The number of carbonyl (C=O) groups is 1. The van der Waals surface area contributed by atoms with Gasteiger partial charge in [-0.05, 0) is 30.7 Å². The third kappa shape index (κ3) is 3.91. The standard InChI is InChI=1S/C13H21N3OS.ClH/c1-9(2)13(4-5-13)8-15-12(17)10-7-18-11(16-10)3-6-14;/h7,9H,3-6,8,14H2,1-2H3,(H,15,17);1H. The first-order valence-electron chi connectivity index (χ1n) is 6.50. The SMILES string of the molecule is CC(C)C1(CNC(=O)c2csc(CCN)n2)CC1.Cl. The maximum atomic E-state index is 12.0. The number of hydrogen-bond donors (Lipinski definition) is 2. The fourth-order valence-electron chi connectivity index (χ4n) is 2.12. The summed E-state index contributed by atoms with van der Waals surface area (Å²) in [6.45, 7) is 5.79. The smallest absolute Gasteiger partial charge is 0.270 e. The summed E-state index contributed by atoms with van der Waals surface area (Å²) in [5.41, 5.74) is 6.34. The van der Waals surface area contributed by atoms with E-state index in [1.165, 1.54) is 24.2 Å². The second kappa shape index (κ2) is 6.68. The minimum atomic E-state index is -0.0542. The Hall–Kier alpha value is -0.650. The van der Waals surface area contributed by atoms with Crippen LogP contribution in [-0.4, -0.2) is 24.0 Å². The van der Waals surface area contributed by atoms with Crippen LogP contribution >= 0.6 is 23.7 Å². The molecule has 1 fully saturated rings. The lowest BCUT2D eigenvalue weighted by Crippen LogP contribution is -2.32. The Morgan fingerprint density at radius 3 is 2.79 bits per heavy atom. The number of carbonyl (C=O) groups excluding carboxylic acids is 1. The molecule has 3 N–H and O–H groups in total. The molecule has 0 bridgehead atoms. The summed E-state index contributed by atoms with van der Waals surface area (Å²) >= 11 is 1.51. The van der Waals surface area contributed by atoms with Gasteiger partial charge in [0.1, 0.15) is 5.69 Å². The lowest BCUT2D eigenvalue weighted by molar-refractivity contribution is 0.0935. The van der Waals surface area contributed by atoms with Gasteiger partial charge in [-0.15, -0.1) is 23.7 Å². The summed E-state index contributed by atoms with van der Waals surface area (Å²) in [7, 11) is 0. The van der Waals surface area contributed by atoms with Gasteiger partial charge < -0.3 is 11.1 Å². The summed E-state index contributed by atoms with van der Waals surface area (Å²) in [6, 6.07) is 0. The molecule has 1 amide bonds. The van der Waals surface area contributed by atoms with E-state index >= 15 is 0 Å². The lowest BCUT2D eigenvalue weighted by Gasteiger charge is -2.19. The molecule has 0 spiro atoms. The van der Waals surface area contributed by atoms with Crippen molar-refractivity contribution in [1.82, 2.24) is 10.3 Å². The number of nitrogens with one attached hydrogen (secondary N) is 1. The first-order valence-corrected chi connectivity index (χ1v) is 7.38. The van der Waals surface area contributed by atoms with E-state index in [0.29, 0.717) is 23.6 Å². The Balaban J connectivity index is 0.00000180. The number of halogens is 1. The van der Waals surface area contributed by atoms with E-state index in [1.807, 2.05) is 5.38 Å². The summed E-state index contributed by atoms with van der Waals surface area (Å²) in [5, 5.41) is 5.76. The molecule has 1 aromatic heterocycles. The first kappa shape index (κ1) is 16.4. The van der Waals surface area contributed by atoms with Crippen LogP contribution in [0.3, 0.4) is 0 Å². The van der Waals surface area contributed by atoms with E-state index in [1.54, 1.807) is 0 Å². The summed E-state index contributed by atoms with van der Waals surface area (Å²) in [4.78, 5) is 16.3. The van der Waals surface area contributed by atoms with Gasteiger partial charge in [0.05, 0.1) is 5.01 Å². The minimum absolute atomic E-state index is 0. The lowest BCUT2D eigenvalue weighted by atomic mass is 9.92. The molecule has 2 rings (SSSR count). The van der Waals surface area contributed by atoms with Crippen molar-refractivity contribution in [3.05, 3.63) is 16.1 Å². The van der Waals surface area contributed by atoms with Gasteiger partial charge in [0.2, 0.25) is 0 Å². The van der Waals surface area contributed by atoms with Gasteiger partial charge in [-0.25, -0.2) is 4.98 Å². The average Bonchev–Trinajstić information content (AvgIpc) is 3.00. The van der Waals surface area contributed by atoms with Crippen molar-refractivity contribution in [1.29, 1.82) is 0 Å². The predicted molar refractivity (Wildman–Crippen MR) is 81.0 cm³/mol. The molecule has 6 heteroatoms. The second-order valence-corrected chi connectivity index (χ2v) is 6.31. The highest BCUT2D eigenvalue weighted by Gasteiger charge is 2.45. The Morgan fingerprint density at radius 1 is 1.58 bits per heavy atom. The molecule has 0 radical (unpaired) electrons. The van der Waals surface area contributed by atoms with Crippen molar-refractivity contribution >= 4 is 29.7 Å². The molecule has 0 aromatic carbocycles. The van der Waals surface area contributed by atoms with Gasteiger partial charge in [-0.3, -0.25) is 4.79 Å². The Morgan fingerprint density at radius 2 is 2.26 bits per heavy atom. The van der Waals surface area contributed by atoms with Gasteiger partial charge in [0, 0.05) is 18.3 Å². The van der Waals surface area contributed by atoms with Gasteiger partial charge in [-0.1, -0.05) is 13.8 Å². The molecule has 4 nitrogen and oxygen atoms in total. The fraction of sp³-hybridized carbons (Fsp3) is 0.692. The largest absolute Gasteiger partial charge is 0.350 e. The van der Waals surface area contributed by atoms with E-state index in [0.717, 1.165) is 18.0 Å². The van der Waals surface area contributed by atoms with Crippen molar-refractivity contribution < 1.29 is 4.79 Å². The molecule has 1 heterocycles. The third-order valence-corrected chi connectivity index (χ3v) is 4.77. The number of amides is 1. The minimum Gasteiger partial charge on any atom is -0.350 e. The normalized spacial score (nSPS) is 16.0. The van der Waals surface area contributed by atoms with Crippen molar-refractivity contribution in [3.8, 4) is 0 Å². The number of aromatic nitrogens is 1. The van der Waals surface area contributed by atoms with Crippen LogP contribution < -0.4 is 11.1 Å². The van der Waals surface area contributed by atoms with Crippen molar-refractivity contribution in [3.63, 3.8) is 0 Å². The summed E-state index contributed by atoms with van der Waals surface area (Å²) < 4.78 is 0. The first-order chi connectivity index (χ1) is 8.57. The highest BCUT2D eigenvalue weighted by Crippen LogP contribution is 2.51. The molecule has 1 saturated carbocycles. The van der Waals surface area contributed by atoms with Crippen LogP contribution in [0.15, 0.2) is 5.38 Å². The highest BCUT2D eigenvalue weighted by molar-refractivity contribution is 7.09. The quantitative estimate of drug-likeness (QED) is 0.847. The van der Waals surface area contributed by atoms with Gasteiger partial charge in [0.15, 0.2) is 0 Å². The van der Waals surface area contributed by atoms with Crippen LogP contribution in [0.4, 0.5) is 0 Å². The average molecular weight is 304 g/mol. The van der Waals surface area contributed by atoms with E-state index < -0.39 is 0 Å². The molecule has 0 atom stereocenters. The van der Waals surface area contributed by atoms with Gasteiger partial charge >= 0.3 is 0 Å². The van der Waals surface area contributed by atoms with Crippen LogP contribution in [0.2, 0.25) is 0 Å². The number of rotatable bonds is 6. The van der Waals surface area contributed by atoms with E-state index in [2.05, 4.69) is 24.1 Å². The van der Waals surface area contributed by atoms with Crippen molar-refractivity contribution in [2.45, 2.75) is 33.1 Å². The number of thiazole rings is 1. The van der Waals surface area contributed by atoms with Crippen LogP contribution in [-0.2, 0) is 6.42 Å². The zero-order valence-corrected chi connectivity index (χ0v) is 13.1. The van der Waals surface area contributed by atoms with Crippen LogP contribution in [0.25, 0.3) is 0 Å². The van der Waals surface area contributed by atoms with E-state index in [9.17, 15) is 4.79 Å². The van der Waals surface area contributed by atoms with Gasteiger partial charge in [-0.2, -0.15) is 0 Å². The van der Waals surface area contributed by atoms with E-state index in [-0.39, 0.29) is 18.3 Å². The van der Waals surface area contributed by atoms with Gasteiger partial charge in [0.25, 0.3) is 5.91 Å². The molecule has 0 aliphatic heterocycles. The van der Waals surface area contributed by atoms with Crippen LogP contribution in [0.5, 0.6) is 0 Å². The predicted octanol–water partition coefficient (Wildman–Crippen LogP) is 2.23. The molecular formula is C13H22ClN3OS. The molecule has 19 heavy (non-hydrogen) atoms. The zero-order chi connectivity index (χ0) is 13.2. The molecule has 1 aliphatic rings. The Kier molecular flexibility index (Phi) is 5.77.